The molecule has 1 aromatic carbocycles. The monoisotopic (exact) mass is 416 g/mol. The number of benzene rings is 1. The number of anilines is 1. The Hall–Kier alpha value is -3.55. The number of amides is 1. The van der Waals surface area contributed by atoms with Crippen LogP contribution in [0.3, 0.4) is 0 Å². The SMILES string of the molecule is CC(C)c1nn(CC(=O)Nc2ccc3nncn3c2)c(=O)c2ccc(C3CCC3)cc12. The van der Waals surface area contributed by atoms with E-state index in [9.17, 15) is 9.59 Å². The highest BCUT2D eigenvalue weighted by atomic mass is 16.2. The molecule has 1 saturated carbocycles. The van der Waals surface area contributed by atoms with Gasteiger partial charge in [-0.1, -0.05) is 26.3 Å². The first-order valence-corrected chi connectivity index (χ1v) is 10.6. The average molecular weight is 416 g/mol. The zero-order valence-corrected chi connectivity index (χ0v) is 17.6. The van der Waals surface area contributed by atoms with Crippen LogP contribution >= 0.6 is 0 Å². The van der Waals surface area contributed by atoms with Gasteiger partial charge in [-0.05, 0) is 54.5 Å². The number of rotatable bonds is 5. The maximum Gasteiger partial charge on any atom is 0.275 e. The Morgan fingerprint density at radius 1 is 1.19 bits per heavy atom. The highest BCUT2D eigenvalue weighted by Crippen LogP contribution is 2.37. The maximum atomic E-state index is 13.1. The minimum Gasteiger partial charge on any atom is -0.323 e. The molecule has 0 spiro atoms. The first-order chi connectivity index (χ1) is 15.0. The minimum atomic E-state index is -0.317. The molecule has 5 rings (SSSR count). The number of nitrogens with zero attached hydrogens (tertiary/aromatic N) is 5. The van der Waals surface area contributed by atoms with E-state index in [1.165, 1.54) is 29.5 Å². The van der Waals surface area contributed by atoms with Gasteiger partial charge in [-0.15, -0.1) is 10.2 Å². The fourth-order valence-corrected chi connectivity index (χ4v) is 4.10. The van der Waals surface area contributed by atoms with E-state index in [0.29, 0.717) is 22.6 Å². The summed E-state index contributed by atoms with van der Waals surface area (Å²) in [6, 6.07) is 9.59. The van der Waals surface area contributed by atoms with E-state index in [0.717, 1.165) is 11.1 Å². The van der Waals surface area contributed by atoms with Crippen molar-refractivity contribution in [1.82, 2.24) is 24.4 Å². The number of hydrogen-bond donors (Lipinski definition) is 1. The van der Waals surface area contributed by atoms with Crippen LogP contribution in [-0.4, -0.2) is 30.3 Å². The Balaban J connectivity index is 1.46. The Morgan fingerprint density at radius 2 is 2.03 bits per heavy atom. The molecule has 1 aliphatic rings. The highest BCUT2D eigenvalue weighted by molar-refractivity contribution is 5.91. The van der Waals surface area contributed by atoms with Crippen LogP contribution in [-0.2, 0) is 11.3 Å². The van der Waals surface area contributed by atoms with Crippen molar-refractivity contribution in [2.24, 2.45) is 0 Å². The van der Waals surface area contributed by atoms with Gasteiger partial charge in [-0.3, -0.25) is 14.0 Å². The lowest BCUT2D eigenvalue weighted by Crippen LogP contribution is -2.31. The highest BCUT2D eigenvalue weighted by Gasteiger charge is 2.22. The predicted molar refractivity (Wildman–Crippen MR) is 118 cm³/mol. The van der Waals surface area contributed by atoms with Crippen molar-refractivity contribution in [3.05, 3.63) is 64.5 Å². The Kier molecular flexibility index (Phi) is 4.77. The second-order valence-corrected chi connectivity index (χ2v) is 8.50. The molecular formula is C23H24N6O2. The molecular weight excluding hydrogens is 392 g/mol. The lowest BCUT2D eigenvalue weighted by atomic mass is 9.79. The molecule has 0 aliphatic heterocycles. The summed E-state index contributed by atoms with van der Waals surface area (Å²) in [4.78, 5) is 25.8. The lowest BCUT2D eigenvalue weighted by Gasteiger charge is -2.26. The van der Waals surface area contributed by atoms with E-state index < -0.39 is 0 Å². The van der Waals surface area contributed by atoms with E-state index in [1.807, 2.05) is 6.07 Å². The molecule has 1 amide bonds. The van der Waals surface area contributed by atoms with Gasteiger partial charge in [-0.2, -0.15) is 5.10 Å². The average Bonchev–Trinajstić information content (AvgIpc) is 3.16. The first-order valence-electron chi connectivity index (χ1n) is 10.6. The standard InChI is InChI=1S/C23H24N6O2/c1-14(2)22-19-10-16(15-4-3-5-15)6-8-18(19)23(31)29(27-22)12-21(30)25-17-7-9-20-26-24-13-28(20)11-17/h6-11,13-15H,3-5,12H2,1-2H3,(H,25,30). The van der Waals surface area contributed by atoms with Crippen molar-refractivity contribution in [3.63, 3.8) is 0 Å². The molecule has 3 aromatic heterocycles. The first kappa shape index (κ1) is 19.4. The smallest absolute Gasteiger partial charge is 0.275 e. The summed E-state index contributed by atoms with van der Waals surface area (Å²) >= 11 is 0. The van der Waals surface area contributed by atoms with Crippen molar-refractivity contribution < 1.29 is 4.79 Å². The van der Waals surface area contributed by atoms with Gasteiger partial charge in [-0.25, -0.2) is 4.68 Å². The number of hydrogen-bond acceptors (Lipinski definition) is 5. The molecule has 1 fully saturated rings. The Morgan fingerprint density at radius 3 is 2.77 bits per heavy atom. The molecule has 158 valence electrons. The second-order valence-electron chi connectivity index (χ2n) is 8.50. The molecule has 8 heteroatoms. The number of fused-ring (bicyclic) bond motifs is 2. The molecule has 4 aromatic rings. The van der Waals surface area contributed by atoms with E-state index >= 15 is 0 Å². The van der Waals surface area contributed by atoms with Gasteiger partial charge in [0.2, 0.25) is 5.91 Å². The van der Waals surface area contributed by atoms with Crippen LogP contribution in [0.5, 0.6) is 0 Å². The topological polar surface area (TPSA) is 94.2 Å². The third-order valence-corrected chi connectivity index (χ3v) is 6.00. The summed E-state index contributed by atoms with van der Waals surface area (Å²) < 4.78 is 2.99. The Bertz CT molecular complexity index is 1350. The van der Waals surface area contributed by atoms with E-state index in [4.69, 9.17) is 0 Å². The van der Waals surface area contributed by atoms with Crippen molar-refractivity contribution in [2.45, 2.75) is 51.5 Å². The van der Waals surface area contributed by atoms with Crippen LogP contribution in [0.15, 0.2) is 47.7 Å². The Labute approximate surface area is 178 Å². The predicted octanol–water partition coefficient (Wildman–Crippen LogP) is 3.47. The number of nitrogens with one attached hydrogen (secondary N) is 1. The molecule has 1 N–H and O–H groups in total. The summed E-state index contributed by atoms with van der Waals surface area (Å²) in [5, 5.41) is 16.7. The van der Waals surface area contributed by atoms with Crippen LogP contribution < -0.4 is 10.9 Å². The quantitative estimate of drug-likeness (QED) is 0.538. The van der Waals surface area contributed by atoms with E-state index in [1.54, 1.807) is 29.1 Å². The van der Waals surface area contributed by atoms with Crippen LogP contribution in [0.2, 0.25) is 0 Å². The second kappa shape index (κ2) is 7.61. The molecule has 0 atom stereocenters. The molecule has 31 heavy (non-hydrogen) atoms. The number of aromatic nitrogens is 5. The van der Waals surface area contributed by atoms with Gasteiger partial charge < -0.3 is 5.32 Å². The third kappa shape index (κ3) is 3.58. The summed E-state index contributed by atoms with van der Waals surface area (Å²) in [5.41, 5.74) is 3.16. The molecule has 8 nitrogen and oxygen atoms in total. The van der Waals surface area contributed by atoms with E-state index in [-0.39, 0.29) is 23.9 Å². The summed E-state index contributed by atoms with van der Waals surface area (Å²) in [6.07, 6.45) is 6.96. The molecule has 1 aliphatic carbocycles. The van der Waals surface area contributed by atoms with Gasteiger partial charge >= 0.3 is 0 Å². The number of pyridine rings is 1. The molecule has 0 radical (unpaired) electrons. The van der Waals surface area contributed by atoms with Crippen molar-refractivity contribution >= 4 is 28.0 Å². The van der Waals surface area contributed by atoms with Gasteiger partial charge in [0.15, 0.2) is 5.65 Å². The van der Waals surface area contributed by atoms with Crippen LogP contribution in [0.25, 0.3) is 16.4 Å². The zero-order chi connectivity index (χ0) is 21.5. The largest absolute Gasteiger partial charge is 0.323 e. The van der Waals surface area contributed by atoms with Crippen LogP contribution in [0, 0.1) is 0 Å². The molecule has 0 bridgehead atoms. The number of carbonyl (C=O) groups is 1. The molecule has 0 saturated heterocycles. The van der Waals surface area contributed by atoms with E-state index in [2.05, 4.69) is 46.6 Å². The number of carbonyl (C=O) groups excluding carboxylic acids is 1. The third-order valence-electron chi connectivity index (χ3n) is 6.00. The molecule has 3 heterocycles. The maximum absolute atomic E-state index is 13.1. The van der Waals surface area contributed by atoms with Crippen LogP contribution in [0.4, 0.5) is 5.69 Å². The fourth-order valence-electron chi connectivity index (χ4n) is 4.10. The van der Waals surface area contributed by atoms with Crippen LogP contribution in [0.1, 0.15) is 56.2 Å². The normalized spacial score (nSPS) is 14.3. The lowest BCUT2D eigenvalue weighted by molar-refractivity contribution is -0.117. The molecule has 0 unspecified atom stereocenters. The van der Waals surface area contributed by atoms with Crippen molar-refractivity contribution in [2.75, 3.05) is 5.32 Å². The fraction of sp³-hybridized carbons (Fsp3) is 0.348. The van der Waals surface area contributed by atoms with Crippen molar-refractivity contribution in [1.29, 1.82) is 0 Å². The van der Waals surface area contributed by atoms with Gasteiger partial charge in [0.05, 0.1) is 16.8 Å². The summed E-state index contributed by atoms with van der Waals surface area (Å²) in [7, 11) is 0. The zero-order valence-electron chi connectivity index (χ0n) is 17.6. The van der Waals surface area contributed by atoms with Gasteiger partial charge in [0, 0.05) is 11.6 Å². The van der Waals surface area contributed by atoms with Crippen molar-refractivity contribution in [3.8, 4) is 0 Å². The minimum absolute atomic E-state index is 0.130. The summed E-state index contributed by atoms with van der Waals surface area (Å²) in [5.74, 6) is 0.396. The summed E-state index contributed by atoms with van der Waals surface area (Å²) in [6.45, 7) is 3.96. The van der Waals surface area contributed by atoms with Gasteiger partial charge in [0.1, 0.15) is 12.9 Å². The van der Waals surface area contributed by atoms with Gasteiger partial charge in [0.25, 0.3) is 5.56 Å².